The summed E-state index contributed by atoms with van der Waals surface area (Å²) in [6.45, 7) is 9.40. The Morgan fingerprint density at radius 1 is 1.09 bits per heavy atom. The van der Waals surface area contributed by atoms with Crippen LogP contribution in [-0.2, 0) is 4.74 Å². The van der Waals surface area contributed by atoms with E-state index in [1.165, 1.54) is 28.4 Å². The molecule has 33 heavy (non-hydrogen) atoms. The van der Waals surface area contributed by atoms with Gasteiger partial charge in [-0.3, -0.25) is 9.69 Å². The molecule has 2 aromatic carbocycles. The normalized spacial score (nSPS) is 21.2. The van der Waals surface area contributed by atoms with Crippen molar-refractivity contribution in [1.82, 2.24) is 18.5 Å². The first kappa shape index (κ1) is 22.3. The molecule has 0 N–H and O–H groups in total. The summed E-state index contributed by atoms with van der Waals surface area (Å²) in [4.78, 5) is 17.9. The Kier molecular flexibility index (Phi) is 6.07. The lowest BCUT2D eigenvalue weighted by Crippen LogP contribution is -2.49. The number of rotatable bonds is 7. The summed E-state index contributed by atoms with van der Waals surface area (Å²) in [5.41, 5.74) is 6.14. The molecular weight excluding hydrogens is 436 g/mol. The van der Waals surface area contributed by atoms with Crippen LogP contribution in [0.25, 0.3) is 11.0 Å². The molecule has 0 saturated carbocycles. The van der Waals surface area contributed by atoms with E-state index in [0.717, 1.165) is 36.3 Å². The van der Waals surface area contributed by atoms with Crippen LogP contribution in [0.4, 0.5) is 0 Å². The smallest absolute Gasteiger partial charge is 0.254 e. The van der Waals surface area contributed by atoms with Crippen LogP contribution < -0.4 is 4.74 Å². The van der Waals surface area contributed by atoms with Gasteiger partial charge in [-0.2, -0.15) is 8.75 Å². The number of hydrogen-bond donors (Lipinski definition) is 0. The Hall–Kier alpha value is -2.55. The molecule has 8 heteroatoms. The first-order chi connectivity index (χ1) is 16.0. The molecule has 1 aromatic heterocycles. The number of methoxy groups -OCH3 is 1. The lowest BCUT2D eigenvalue weighted by molar-refractivity contribution is 0.0569. The van der Waals surface area contributed by atoms with Crippen molar-refractivity contribution in [1.29, 1.82) is 0 Å². The maximum atomic E-state index is 13.2. The minimum absolute atomic E-state index is 0.106. The Balaban J connectivity index is 1.28. The standard InChI is InChI=1S/C25H30N4O3S/c1-15-16(2)24(32-10-9-31-4)8-6-21(15)17(3)28-13-20-12-19(28)14-29(20)25(30)18-5-7-22-23(11-18)27-33-26-22/h5-8,11,17,19-20H,9-10,12-14H2,1-4H3/t17-,19-,20-/m0/s1. The highest BCUT2D eigenvalue weighted by Gasteiger charge is 2.47. The van der Waals surface area contributed by atoms with Gasteiger partial charge in [-0.1, -0.05) is 6.07 Å². The Morgan fingerprint density at radius 2 is 1.91 bits per heavy atom. The molecule has 2 fully saturated rings. The summed E-state index contributed by atoms with van der Waals surface area (Å²) in [6.07, 6.45) is 1.03. The van der Waals surface area contributed by atoms with Crippen molar-refractivity contribution in [3.8, 4) is 5.75 Å². The maximum absolute atomic E-state index is 13.2. The van der Waals surface area contributed by atoms with Crippen LogP contribution in [0, 0.1) is 13.8 Å². The highest BCUT2D eigenvalue weighted by atomic mass is 32.1. The molecule has 2 aliphatic rings. The molecule has 3 heterocycles. The summed E-state index contributed by atoms with van der Waals surface area (Å²) in [5.74, 6) is 1.03. The largest absolute Gasteiger partial charge is 0.491 e. The van der Waals surface area contributed by atoms with E-state index >= 15 is 0 Å². The van der Waals surface area contributed by atoms with Gasteiger partial charge in [-0.05, 0) is 68.1 Å². The highest BCUT2D eigenvalue weighted by molar-refractivity contribution is 7.00. The summed E-state index contributed by atoms with van der Waals surface area (Å²) < 4.78 is 19.5. The third-order valence-corrected chi connectivity index (χ3v) is 7.87. The van der Waals surface area contributed by atoms with Gasteiger partial charge in [0.1, 0.15) is 23.4 Å². The van der Waals surface area contributed by atoms with Crippen LogP contribution in [0.5, 0.6) is 5.75 Å². The van der Waals surface area contributed by atoms with Crippen LogP contribution in [-0.4, -0.2) is 70.0 Å². The lowest BCUT2D eigenvalue weighted by atomic mass is 9.96. The third-order valence-electron chi connectivity index (χ3n) is 7.32. The molecule has 3 aromatic rings. The van der Waals surface area contributed by atoms with E-state index in [1.807, 2.05) is 18.2 Å². The van der Waals surface area contributed by atoms with Gasteiger partial charge in [0.15, 0.2) is 0 Å². The number of aromatic nitrogens is 2. The SMILES string of the molecule is COCCOc1ccc([C@H](C)N2C[C@@H]3C[C@H]2CN3C(=O)c2ccc3nsnc3c2)c(C)c1C. The van der Waals surface area contributed by atoms with Crippen molar-refractivity contribution in [2.45, 2.75) is 45.3 Å². The van der Waals surface area contributed by atoms with Crippen molar-refractivity contribution in [2.24, 2.45) is 0 Å². The van der Waals surface area contributed by atoms with Crippen molar-refractivity contribution >= 4 is 28.7 Å². The summed E-state index contributed by atoms with van der Waals surface area (Å²) >= 11 is 1.18. The van der Waals surface area contributed by atoms with E-state index in [0.29, 0.717) is 30.9 Å². The zero-order chi connectivity index (χ0) is 23.1. The van der Waals surface area contributed by atoms with Crippen LogP contribution >= 0.6 is 11.7 Å². The van der Waals surface area contributed by atoms with E-state index < -0.39 is 0 Å². The number of likely N-dealkylation sites (tertiary alicyclic amines) is 2. The van der Waals surface area contributed by atoms with Crippen LogP contribution in [0.15, 0.2) is 30.3 Å². The molecule has 0 radical (unpaired) electrons. The molecule has 2 bridgehead atoms. The second-order valence-corrected chi connectivity index (χ2v) is 9.61. The van der Waals surface area contributed by atoms with Gasteiger partial charge < -0.3 is 14.4 Å². The third kappa shape index (κ3) is 4.00. The number of carbonyl (C=O) groups is 1. The number of ether oxygens (including phenoxy) is 2. The van der Waals surface area contributed by atoms with Crippen LogP contribution in [0.1, 0.15) is 46.4 Å². The molecular formula is C25H30N4O3S. The Bertz CT molecular complexity index is 1180. The number of fused-ring (bicyclic) bond motifs is 3. The van der Waals surface area contributed by atoms with Crippen LogP contribution in [0.2, 0.25) is 0 Å². The van der Waals surface area contributed by atoms with E-state index in [1.54, 1.807) is 7.11 Å². The molecule has 3 atom stereocenters. The second-order valence-electron chi connectivity index (χ2n) is 9.09. The molecule has 2 saturated heterocycles. The highest BCUT2D eigenvalue weighted by Crippen LogP contribution is 2.39. The van der Waals surface area contributed by atoms with Crippen LogP contribution in [0.3, 0.4) is 0 Å². The minimum atomic E-state index is 0.106. The number of benzene rings is 2. The molecule has 174 valence electrons. The van der Waals surface area contributed by atoms with E-state index in [-0.39, 0.29) is 11.9 Å². The van der Waals surface area contributed by atoms with Crippen molar-refractivity contribution in [3.05, 3.63) is 52.6 Å². The van der Waals surface area contributed by atoms with Crippen molar-refractivity contribution in [3.63, 3.8) is 0 Å². The van der Waals surface area contributed by atoms with Crippen molar-refractivity contribution < 1.29 is 14.3 Å². The van der Waals surface area contributed by atoms with Gasteiger partial charge in [0.05, 0.1) is 18.3 Å². The number of piperazine rings is 1. The predicted octanol–water partition coefficient (Wildman–Crippen LogP) is 3.99. The van der Waals surface area contributed by atoms with E-state index in [9.17, 15) is 4.79 Å². The summed E-state index contributed by atoms with van der Waals surface area (Å²) in [6, 6.07) is 10.8. The summed E-state index contributed by atoms with van der Waals surface area (Å²) in [7, 11) is 1.68. The first-order valence-corrected chi connectivity index (χ1v) is 12.2. The lowest BCUT2D eigenvalue weighted by Gasteiger charge is -2.38. The zero-order valence-electron chi connectivity index (χ0n) is 19.6. The second kappa shape index (κ2) is 9.00. The molecule has 0 unspecified atom stereocenters. The average Bonchev–Trinajstić information content (AvgIpc) is 3.56. The predicted molar refractivity (Wildman–Crippen MR) is 129 cm³/mol. The number of amides is 1. The average molecular weight is 467 g/mol. The van der Waals surface area contributed by atoms with E-state index in [2.05, 4.69) is 51.5 Å². The molecule has 0 spiro atoms. The zero-order valence-corrected chi connectivity index (χ0v) is 20.4. The minimum Gasteiger partial charge on any atom is -0.491 e. The molecule has 5 rings (SSSR count). The fourth-order valence-corrected chi connectivity index (χ4v) is 5.86. The Labute approximate surface area is 198 Å². The first-order valence-electron chi connectivity index (χ1n) is 11.5. The van der Waals surface area contributed by atoms with Gasteiger partial charge in [-0.15, -0.1) is 0 Å². The topological polar surface area (TPSA) is 67.8 Å². The number of nitrogens with zero attached hydrogens (tertiary/aromatic N) is 4. The molecule has 2 aliphatic heterocycles. The monoisotopic (exact) mass is 466 g/mol. The summed E-state index contributed by atoms with van der Waals surface area (Å²) in [5, 5.41) is 0. The fraction of sp³-hybridized carbons (Fsp3) is 0.480. The quantitative estimate of drug-likeness (QED) is 0.491. The molecule has 7 nitrogen and oxygen atoms in total. The van der Waals surface area contributed by atoms with Gasteiger partial charge in [0.2, 0.25) is 0 Å². The van der Waals surface area contributed by atoms with Gasteiger partial charge >= 0.3 is 0 Å². The molecule has 1 amide bonds. The van der Waals surface area contributed by atoms with Gasteiger partial charge in [0, 0.05) is 43.9 Å². The van der Waals surface area contributed by atoms with Crippen molar-refractivity contribution in [2.75, 3.05) is 33.4 Å². The Morgan fingerprint density at radius 3 is 2.67 bits per heavy atom. The molecule has 0 aliphatic carbocycles. The van der Waals surface area contributed by atoms with Gasteiger partial charge in [-0.25, -0.2) is 0 Å². The van der Waals surface area contributed by atoms with Gasteiger partial charge in [0.25, 0.3) is 5.91 Å². The number of hydrogen-bond acceptors (Lipinski definition) is 7. The fourth-order valence-electron chi connectivity index (χ4n) is 5.34. The maximum Gasteiger partial charge on any atom is 0.254 e. The number of carbonyl (C=O) groups excluding carboxylic acids is 1. The van der Waals surface area contributed by atoms with E-state index in [4.69, 9.17) is 9.47 Å².